The summed E-state index contributed by atoms with van der Waals surface area (Å²) in [7, 11) is 0. The molecule has 42 heavy (non-hydrogen) atoms. The fourth-order valence-corrected chi connectivity index (χ4v) is 4.85. The SMILES string of the molecule is C[C@H]1O[C@H](O[C@H]2[C@H](Oc3cc(O)cc4oc(-c5ccc(O)c(O)c5)cc(=O)c34)O[C@H](CO)[C@@H](O)[C@@H]2O)[C@@H](O)[C@@H](O)[C@@H]1O. The van der Waals surface area contributed by atoms with Gasteiger partial charge in [-0.15, -0.1) is 0 Å². The van der Waals surface area contributed by atoms with Gasteiger partial charge in [-0.3, -0.25) is 4.79 Å². The largest absolute Gasteiger partial charge is 0.508 e. The Labute approximate surface area is 236 Å². The van der Waals surface area contributed by atoms with Crippen LogP contribution in [0, 0.1) is 0 Å². The molecule has 0 spiro atoms. The summed E-state index contributed by atoms with van der Waals surface area (Å²) in [6.45, 7) is 0.640. The number of rotatable bonds is 6. The van der Waals surface area contributed by atoms with E-state index in [1.807, 2.05) is 0 Å². The molecule has 15 heteroatoms. The van der Waals surface area contributed by atoms with Gasteiger partial charge in [-0.05, 0) is 25.1 Å². The summed E-state index contributed by atoms with van der Waals surface area (Å²) in [6, 6.07) is 6.99. The van der Waals surface area contributed by atoms with Crippen molar-refractivity contribution in [1.29, 1.82) is 0 Å². The summed E-state index contributed by atoms with van der Waals surface area (Å²) < 4.78 is 28.3. The third-order valence-corrected chi connectivity index (χ3v) is 7.21. The van der Waals surface area contributed by atoms with E-state index >= 15 is 0 Å². The molecular weight excluding hydrogens is 564 g/mol. The van der Waals surface area contributed by atoms with Crippen molar-refractivity contribution in [2.75, 3.05) is 6.61 Å². The Bertz CT molecular complexity index is 1490. The van der Waals surface area contributed by atoms with E-state index in [0.717, 1.165) is 24.3 Å². The number of benzene rings is 2. The lowest BCUT2D eigenvalue weighted by Gasteiger charge is -2.45. The second-order valence-corrected chi connectivity index (χ2v) is 10.1. The Kier molecular flexibility index (Phi) is 8.30. The first kappa shape index (κ1) is 30.0. The number of aliphatic hydroxyl groups is 6. The zero-order valence-corrected chi connectivity index (χ0v) is 21.9. The van der Waals surface area contributed by atoms with E-state index in [4.69, 9.17) is 23.4 Å². The van der Waals surface area contributed by atoms with E-state index in [1.165, 1.54) is 19.1 Å². The lowest BCUT2D eigenvalue weighted by molar-refractivity contribution is -0.354. The van der Waals surface area contributed by atoms with Crippen LogP contribution in [0.4, 0.5) is 0 Å². The van der Waals surface area contributed by atoms with Gasteiger partial charge in [0, 0.05) is 23.8 Å². The average Bonchev–Trinajstić information content (AvgIpc) is 2.95. The maximum absolute atomic E-state index is 13.2. The average molecular weight is 595 g/mol. The van der Waals surface area contributed by atoms with Crippen LogP contribution in [0.3, 0.4) is 0 Å². The monoisotopic (exact) mass is 594 g/mol. The molecule has 1 aromatic heterocycles. The number of aromatic hydroxyl groups is 3. The van der Waals surface area contributed by atoms with Crippen LogP contribution in [0.1, 0.15) is 6.92 Å². The smallest absolute Gasteiger partial charge is 0.229 e. The van der Waals surface area contributed by atoms with Gasteiger partial charge in [-0.25, -0.2) is 0 Å². The van der Waals surface area contributed by atoms with Gasteiger partial charge < -0.3 is 69.3 Å². The first-order valence-corrected chi connectivity index (χ1v) is 12.9. The van der Waals surface area contributed by atoms with Gasteiger partial charge >= 0.3 is 0 Å². The molecule has 0 bridgehead atoms. The predicted molar refractivity (Wildman–Crippen MR) is 139 cm³/mol. The summed E-state index contributed by atoms with van der Waals surface area (Å²) in [4.78, 5) is 13.2. The summed E-state index contributed by atoms with van der Waals surface area (Å²) in [5.74, 6) is -1.60. The highest BCUT2D eigenvalue weighted by Crippen LogP contribution is 2.36. The quantitative estimate of drug-likeness (QED) is 0.149. The Hall–Kier alpha value is -3.51. The van der Waals surface area contributed by atoms with Gasteiger partial charge in [0.2, 0.25) is 6.29 Å². The molecule has 228 valence electrons. The van der Waals surface area contributed by atoms with Crippen LogP contribution in [0.25, 0.3) is 22.3 Å². The molecule has 5 rings (SSSR count). The molecule has 0 radical (unpaired) electrons. The fraction of sp³-hybridized carbons (Fsp3) is 0.444. The summed E-state index contributed by atoms with van der Waals surface area (Å²) in [5, 5.41) is 91.2. The van der Waals surface area contributed by atoms with Crippen molar-refractivity contribution in [3.63, 3.8) is 0 Å². The van der Waals surface area contributed by atoms with Crippen LogP contribution in [0.15, 0.2) is 45.6 Å². The lowest BCUT2D eigenvalue weighted by Crippen LogP contribution is -2.64. The minimum Gasteiger partial charge on any atom is -0.508 e. The summed E-state index contributed by atoms with van der Waals surface area (Å²) >= 11 is 0. The van der Waals surface area contributed by atoms with E-state index in [-0.39, 0.29) is 33.8 Å². The van der Waals surface area contributed by atoms with E-state index < -0.39 is 84.9 Å². The van der Waals surface area contributed by atoms with Gasteiger partial charge in [0.05, 0.1) is 12.7 Å². The number of aliphatic hydroxyl groups excluding tert-OH is 6. The van der Waals surface area contributed by atoms with Gasteiger partial charge in [0.25, 0.3) is 0 Å². The van der Waals surface area contributed by atoms with E-state index in [0.29, 0.717) is 0 Å². The second-order valence-electron chi connectivity index (χ2n) is 10.1. The molecule has 2 aliphatic heterocycles. The minimum atomic E-state index is -1.82. The standard InChI is InChI=1S/C27H30O15/c1-9-20(33)22(35)24(37)26(38-9)42-25-23(36)21(34)18(8-28)41-27(25)40-17-6-11(29)5-16-19(17)14(32)7-15(39-16)10-2-3-12(30)13(31)4-10/h2-7,9,18,20-31,33-37H,8H2,1H3/t9-,18-,20-,21-,22+,23+,24+,25-,26-,27-/m1/s1. The number of ether oxygens (including phenoxy) is 4. The van der Waals surface area contributed by atoms with Crippen LogP contribution in [-0.2, 0) is 14.2 Å². The minimum absolute atomic E-state index is 0.0216. The number of phenols is 3. The van der Waals surface area contributed by atoms with E-state index in [1.54, 1.807) is 0 Å². The van der Waals surface area contributed by atoms with Crippen LogP contribution >= 0.6 is 0 Å². The molecule has 2 fully saturated rings. The van der Waals surface area contributed by atoms with E-state index in [2.05, 4.69) is 0 Å². The highest BCUT2D eigenvalue weighted by Gasteiger charge is 2.51. The van der Waals surface area contributed by atoms with Crippen molar-refractivity contribution in [3.8, 4) is 34.3 Å². The number of hydrogen-bond acceptors (Lipinski definition) is 15. The molecule has 0 unspecified atom stereocenters. The summed E-state index contributed by atoms with van der Waals surface area (Å²) in [5.41, 5.74) is -0.599. The topological polar surface area (TPSA) is 249 Å². The molecule has 9 N–H and O–H groups in total. The molecule has 0 saturated carbocycles. The van der Waals surface area contributed by atoms with Crippen LogP contribution in [0.5, 0.6) is 23.0 Å². The third kappa shape index (κ3) is 5.49. The third-order valence-electron chi connectivity index (χ3n) is 7.21. The lowest BCUT2D eigenvalue weighted by atomic mass is 9.97. The molecule has 2 saturated heterocycles. The van der Waals surface area contributed by atoms with Crippen LogP contribution < -0.4 is 10.2 Å². The molecule has 2 aromatic carbocycles. The molecule has 2 aliphatic rings. The molecule has 3 aromatic rings. The summed E-state index contributed by atoms with van der Waals surface area (Å²) in [6.07, 6.45) is -15.8. The number of fused-ring (bicyclic) bond motifs is 1. The maximum atomic E-state index is 13.2. The molecule has 15 nitrogen and oxygen atoms in total. The highest BCUT2D eigenvalue weighted by atomic mass is 16.8. The first-order valence-electron chi connectivity index (χ1n) is 12.9. The van der Waals surface area contributed by atoms with Crippen molar-refractivity contribution in [2.24, 2.45) is 0 Å². The van der Waals surface area contributed by atoms with Gasteiger partial charge in [-0.1, -0.05) is 0 Å². The molecule has 3 heterocycles. The zero-order chi connectivity index (χ0) is 30.5. The van der Waals surface area contributed by atoms with Gasteiger partial charge in [-0.2, -0.15) is 0 Å². The van der Waals surface area contributed by atoms with Crippen molar-refractivity contribution in [3.05, 3.63) is 46.6 Å². The Morgan fingerprint density at radius 3 is 2.24 bits per heavy atom. The van der Waals surface area contributed by atoms with Gasteiger partial charge in [0.1, 0.15) is 64.9 Å². The number of hydrogen-bond donors (Lipinski definition) is 9. The molecule has 0 amide bonds. The van der Waals surface area contributed by atoms with Crippen LogP contribution in [-0.4, -0.2) is 114 Å². The zero-order valence-electron chi connectivity index (χ0n) is 21.9. The molecular formula is C27H30O15. The van der Waals surface area contributed by atoms with E-state index in [9.17, 15) is 50.8 Å². The highest BCUT2D eigenvalue weighted by molar-refractivity contribution is 5.86. The maximum Gasteiger partial charge on any atom is 0.229 e. The van der Waals surface area contributed by atoms with Crippen molar-refractivity contribution in [1.82, 2.24) is 0 Å². The van der Waals surface area contributed by atoms with Crippen molar-refractivity contribution in [2.45, 2.75) is 68.3 Å². The van der Waals surface area contributed by atoms with Crippen LogP contribution in [0.2, 0.25) is 0 Å². The first-order chi connectivity index (χ1) is 19.9. The van der Waals surface area contributed by atoms with Crippen molar-refractivity contribution < 1.29 is 69.3 Å². The number of phenolic OH excluding ortho intramolecular Hbond substituents is 3. The fourth-order valence-electron chi connectivity index (χ4n) is 4.85. The molecule has 10 atom stereocenters. The Morgan fingerprint density at radius 1 is 0.810 bits per heavy atom. The van der Waals surface area contributed by atoms with Gasteiger partial charge in [0.15, 0.2) is 29.3 Å². The van der Waals surface area contributed by atoms with Crippen molar-refractivity contribution >= 4 is 11.0 Å². The Morgan fingerprint density at radius 2 is 1.55 bits per heavy atom. The normalized spacial score (nSPS) is 33.5. The second kappa shape index (κ2) is 11.6. The molecule has 0 aliphatic carbocycles. The Balaban J connectivity index is 1.51. The predicted octanol–water partition coefficient (Wildman–Crippen LogP) is -1.39.